The number of thiophene rings is 1. The average Bonchev–Trinajstić information content (AvgIpc) is 3.09. The summed E-state index contributed by atoms with van der Waals surface area (Å²) in [5, 5.41) is 4.15. The second-order valence-corrected chi connectivity index (χ2v) is 8.13. The van der Waals surface area contributed by atoms with Crippen molar-refractivity contribution in [3.8, 4) is 0 Å². The highest BCUT2D eigenvalue weighted by Crippen LogP contribution is 2.18. The number of nitrogens with zero attached hydrogens (tertiary/aromatic N) is 2. The minimum atomic E-state index is -3.45. The summed E-state index contributed by atoms with van der Waals surface area (Å²) < 4.78 is 31.8. The first kappa shape index (κ1) is 16.4. The zero-order chi connectivity index (χ0) is 16.3. The van der Waals surface area contributed by atoms with Crippen molar-refractivity contribution in [3.05, 3.63) is 40.7 Å². The first-order valence-corrected chi connectivity index (χ1v) is 9.77. The van der Waals surface area contributed by atoms with Crippen LogP contribution in [0, 0.1) is 0 Å². The average molecular weight is 354 g/mol. The summed E-state index contributed by atoms with van der Waals surface area (Å²) in [5.74, 6) is 0.872. The van der Waals surface area contributed by atoms with Crippen molar-refractivity contribution in [2.45, 2.75) is 11.4 Å². The first-order valence-electron chi connectivity index (χ1n) is 7.39. The van der Waals surface area contributed by atoms with Crippen LogP contribution in [0.4, 0.5) is 5.82 Å². The molecule has 1 saturated heterocycles. The fraction of sp³-hybridized carbons (Fsp3) is 0.400. The van der Waals surface area contributed by atoms with Gasteiger partial charge in [-0.25, -0.2) is 13.4 Å². The predicted molar refractivity (Wildman–Crippen MR) is 89.0 cm³/mol. The van der Waals surface area contributed by atoms with E-state index in [1.165, 1.54) is 9.87 Å². The van der Waals surface area contributed by atoms with Crippen molar-refractivity contribution < 1.29 is 18.1 Å². The zero-order valence-corrected chi connectivity index (χ0v) is 14.6. The summed E-state index contributed by atoms with van der Waals surface area (Å²) in [5.41, 5.74) is 1.23. The molecule has 1 aliphatic heterocycles. The second-order valence-electron chi connectivity index (χ2n) is 5.41. The van der Waals surface area contributed by atoms with Crippen molar-refractivity contribution in [3.63, 3.8) is 0 Å². The minimum absolute atomic E-state index is 0.284. The van der Waals surface area contributed by atoms with E-state index in [1.807, 2.05) is 17.3 Å². The fourth-order valence-electron chi connectivity index (χ4n) is 2.48. The van der Waals surface area contributed by atoms with E-state index in [4.69, 9.17) is 4.74 Å². The summed E-state index contributed by atoms with van der Waals surface area (Å²) in [6, 6.07) is 5.54. The molecule has 1 aliphatic rings. The second kappa shape index (κ2) is 6.96. The van der Waals surface area contributed by atoms with Gasteiger partial charge < -0.3 is 4.74 Å². The van der Waals surface area contributed by atoms with Crippen molar-refractivity contribution >= 4 is 27.2 Å². The van der Waals surface area contributed by atoms with Crippen LogP contribution in [0.5, 0.6) is 0 Å². The zero-order valence-electron chi connectivity index (χ0n) is 12.9. The van der Waals surface area contributed by atoms with E-state index < -0.39 is 10.0 Å². The van der Waals surface area contributed by atoms with Gasteiger partial charge in [0.05, 0.1) is 20.3 Å². The van der Waals surface area contributed by atoms with Crippen LogP contribution in [0.2, 0.25) is 0 Å². The Bertz CT molecular complexity index is 724. The fourth-order valence-corrected chi connectivity index (χ4v) is 4.51. The van der Waals surface area contributed by atoms with Crippen LogP contribution in [0.3, 0.4) is 0 Å². The number of hydrogen-bond donors (Lipinski definition) is 0. The number of aromatic amines is 1. The van der Waals surface area contributed by atoms with Gasteiger partial charge in [0.15, 0.2) is 0 Å². The van der Waals surface area contributed by atoms with Gasteiger partial charge in [0.1, 0.15) is 17.6 Å². The Morgan fingerprint density at radius 3 is 2.70 bits per heavy atom. The highest BCUT2D eigenvalue weighted by atomic mass is 32.2. The largest absolute Gasteiger partial charge is 0.379 e. The lowest BCUT2D eigenvalue weighted by Gasteiger charge is -2.25. The number of sulfonamides is 1. The number of rotatable bonds is 5. The third-order valence-corrected chi connectivity index (χ3v) is 6.41. The van der Waals surface area contributed by atoms with Crippen molar-refractivity contribution in [2.24, 2.45) is 0 Å². The quantitative estimate of drug-likeness (QED) is 0.810. The lowest BCUT2D eigenvalue weighted by molar-refractivity contribution is -0.367. The lowest BCUT2D eigenvalue weighted by atomic mass is 10.3. The van der Waals surface area contributed by atoms with Gasteiger partial charge >= 0.3 is 0 Å². The molecule has 0 unspecified atom stereocenters. The van der Waals surface area contributed by atoms with Crippen molar-refractivity contribution in [1.82, 2.24) is 4.31 Å². The van der Waals surface area contributed by atoms with E-state index in [2.05, 4.69) is 16.4 Å². The third-order valence-electron chi connectivity index (χ3n) is 3.79. The lowest BCUT2D eigenvalue weighted by Crippen LogP contribution is -2.41. The first-order chi connectivity index (χ1) is 11.1. The number of morpholine rings is 1. The molecule has 0 bridgehead atoms. The van der Waals surface area contributed by atoms with Gasteiger partial charge in [-0.05, 0) is 22.9 Å². The van der Waals surface area contributed by atoms with E-state index in [9.17, 15) is 8.42 Å². The van der Waals surface area contributed by atoms with Gasteiger partial charge in [-0.1, -0.05) is 0 Å². The van der Waals surface area contributed by atoms with Crippen LogP contribution in [-0.2, 0) is 21.3 Å². The molecule has 0 saturated carbocycles. The summed E-state index contributed by atoms with van der Waals surface area (Å²) in [7, 11) is -1.48. The Balaban J connectivity index is 1.73. The van der Waals surface area contributed by atoms with Crippen LogP contribution in [0.25, 0.3) is 0 Å². The number of pyridine rings is 1. The third kappa shape index (κ3) is 3.72. The van der Waals surface area contributed by atoms with Gasteiger partial charge in [-0.2, -0.15) is 15.6 Å². The van der Waals surface area contributed by atoms with Gasteiger partial charge in [0.25, 0.3) is 5.82 Å². The van der Waals surface area contributed by atoms with Gasteiger partial charge in [-0.15, -0.1) is 0 Å². The van der Waals surface area contributed by atoms with Crippen molar-refractivity contribution in [1.29, 1.82) is 0 Å². The Hall–Kier alpha value is -1.48. The molecule has 0 atom stereocenters. The smallest absolute Gasteiger partial charge is 0.274 e. The maximum atomic E-state index is 12.6. The van der Waals surface area contributed by atoms with Crippen LogP contribution in [0.1, 0.15) is 5.56 Å². The standard InChI is InChI=1S/C15H19N3O3S2/c1-17(11-13-4-9-22-12-13)15-3-2-14(10-16-15)23(19,20)18-5-7-21-8-6-18/h2-4,9-10,12H,5-8,11H2,1H3/p+1. The number of H-pyrrole nitrogens is 1. The summed E-state index contributed by atoms with van der Waals surface area (Å²) in [6.45, 7) is 2.48. The molecule has 2 aromatic heterocycles. The molecular weight excluding hydrogens is 334 g/mol. The molecule has 0 amide bonds. The molecule has 23 heavy (non-hydrogen) atoms. The van der Waals surface area contributed by atoms with Crippen LogP contribution in [0.15, 0.2) is 40.1 Å². The number of aromatic nitrogens is 1. The van der Waals surface area contributed by atoms with Crippen LogP contribution >= 0.6 is 11.3 Å². The molecule has 1 N–H and O–H groups in total. The molecule has 0 spiro atoms. The number of nitrogens with one attached hydrogen (secondary N) is 1. The molecular formula is C15H20N3O3S2+. The summed E-state index contributed by atoms with van der Waals surface area (Å²) >= 11 is 1.67. The molecule has 6 nitrogen and oxygen atoms in total. The Morgan fingerprint density at radius 2 is 2.09 bits per heavy atom. The highest BCUT2D eigenvalue weighted by molar-refractivity contribution is 7.89. The number of ether oxygens (including phenoxy) is 1. The SMILES string of the molecule is CN(Cc1ccsc1)c1ccc(S(=O)(=O)N2CCOCC2)c[nH+]1. The van der Waals surface area contributed by atoms with E-state index in [1.54, 1.807) is 29.7 Å². The Labute approximate surface area is 140 Å². The summed E-state index contributed by atoms with van der Waals surface area (Å²) in [6.07, 6.45) is 1.56. The maximum Gasteiger partial charge on any atom is 0.274 e. The van der Waals surface area contributed by atoms with Gasteiger partial charge in [0, 0.05) is 24.7 Å². The van der Waals surface area contributed by atoms with E-state index in [0.29, 0.717) is 26.3 Å². The Kier molecular flexibility index (Phi) is 4.96. The van der Waals surface area contributed by atoms with Gasteiger partial charge in [0.2, 0.25) is 10.0 Å². The molecule has 3 heterocycles. The molecule has 2 aromatic rings. The van der Waals surface area contributed by atoms with E-state index >= 15 is 0 Å². The minimum Gasteiger partial charge on any atom is -0.379 e. The molecule has 0 radical (unpaired) electrons. The topological polar surface area (TPSA) is 64.0 Å². The normalized spacial score (nSPS) is 16.4. The van der Waals surface area contributed by atoms with E-state index in [-0.39, 0.29) is 4.90 Å². The maximum absolute atomic E-state index is 12.6. The molecule has 124 valence electrons. The van der Waals surface area contributed by atoms with Crippen molar-refractivity contribution in [2.75, 3.05) is 38.3 Å². The van der Waals surface area contributed by atoms with Crippen LogP contribution < -0.4 is 9.88 Å². The van der Waals surface area contributed by atoms with Crippen LogP contribution in [-0.4, -0.2) is 46.1 Å². The van der Waals surface area contributed by atoms with Gasteiger partial charge in [-0.3, -0.25) is 4.90 Å². The van der Waals surface area contributed by atoms with E-state index in [0.717, 1.165) is 12.4 Å². The summed E-state index contributed by atoms with van der Waals surface area (Å²) in [4.78, 5) is 5.42. The molecule has 0 aromatic carbocycles. The monoisotopic (exact) mass is 354 g/mol. The number of anilines is 1. The predicted octanol–water partition coefficient (Wildman–Crippen LogP) is 1.22. The molecule has 1 fully saturated rings. The molecule has 0 aliphatic carbocycles. The molecule has 3 rings (SSSR count). The molecule has 8 heteroatoms. The Morgan fingerprint density at radius 1 is 1.30 bits per heavy atom. The number of hydrogen-bond acceptors (Lipinski definition) is 5. The highest BCUT2D eigenvalue weighted by Gasteiger charge is 2.27.